The van der Waals surface area contributed by atoms with E-state index in [1.54, 1.807) is 0 Å². The SMILES string of the molecule is CCS(=O)(=O)NCCSc1ccc(C(F)(F)F)cn1. The quantitative estimate of drug-likeness (QED) is 0.645. The van der Waals surface area contributed by atoms with Gasteiger partial charge in [0, 0.05) is 18.5 Å². The van der Waals surface area contributed by atoms with Crippen LogP contribution in [0.1, 0.15) is 12.5 Å². The number of halogens is 3. The van der Waals surface area contributed by atoms with Gasteiger partial charge in [-0.15, -0.1) is 11.8 Å². The van der Waals surface area contributed by atoms with Crippen LogP contribution in [-0.4, -0.2) is 31.5 Å². The Hall–Kier alpha value is -0.800. The zero-order chi connectivity index (χ0) is 14.5. The molecule has 19 heavy (non-hydrogen) atoms. The lowest BCUT2D eigenvalue weighted by atomic mass is 10.3. The fourth-order valence-electron chi connectivity index (χ4n) is 1.09. The number of alkyl halides is 3. The number of pyridine rings is 1. The van der Waals surface area contributed by atoms with Crippen LogP contribution in [0.3, 0.4) is 0 Å². The molecule has 1 N–H and O–H groups in total. The average molecular weight is 314 g/mol. The molecule has 0 saturated heterocycles. The Labute approximate surface area is 113 Å². The first-order valence-corrected chi connectivity index (χ1v) is 8.02. The molecule has 9 heteroatoms. The van der Waals surface area contributed by atoms with Gasteiger partial charge >= 0.3 is 6.18 Å². The van der Waals surface area contributed by atoms with Crippen molar-refractivity contribution < 1.29 is 21.6 Å². The van der Waals surface area contributed by atoms with Crippen molar-refractivity contribution in [3.05, 3.63) is 23.9 Å². The van der Waals surface area contributed by atoms with Crippen LogP contribution in [-0.2, 0) is 16.2 Å². The van der Waals surface area contributed by atoms with E-state index in [0.29, 0.717) is 10.8 Å². The number of aromatic nitrogens is 1. The van der Waals surface area contributed by atoms with Gasteiger partial charge in [-0.25, -0.2) is 18.1 Å². The van der Waals surface area contributed by atoms with Gasteiger partial charge in [-0.1, -0.05) is 0 Å². The second kappa shape index (κ2) is 6.58. The molecule has 0 aliphatic heterocycles. The Morgan fingerprint density at radius 1 is 1.37 bits per heavy atom. The molecule has 0 fully saturated rings. The zero-order valence-electron chi connectivity index (χ0n) is 10.1. The molecule has 0 aromatic carbocycles. The molecule has 0 bridgehead atoms. The highest BCUT2D eigenvalue weighted by molar-refractivity contribution is 7.99. The third-order valence-corrected chi connectivity index (χ3v) is 4.47. The summed E-state index contributed by atoms with van der Waals surface area (Å²) in [5, 5.41) is 0.420. The molecule has 4 nitrogen and oxygen atoms in total. The molecule has 0 aliphatic carbocycles. The number of hydrogen-bond donors (Lipinski definition) is 1. The summed E-state index contributed by atoms with van der Waals surface area (Å²) in [5.41, 5.74) is -0.802. The summed E-state index contributed by atoms with van der Waals surface area (Å²) in [6.07, 6.45) is -3.63. The van der Waals surface area contributed by atoms with E-state index in [9.17, 15) is 21.6 Å². The van der Waals surface area contributed by atoms with Gasteiger partial charge in [0.15, 0.2) is 0 Å². The molecule has 1 rings (SSSR count). The van der Waals surface area contributed by atoms with Crippen LogP contribution < -0.4 is 4.72 Å². The third kappa shape index (κ3) is 5.79. The molecular formula is C10H13F3N2O2S2. The van der Waals surface area contributed by atoms with Crippen molar-refractivity contribution in [1.29, 1.82) is 0 Å². The van der Waals surface area contributed by atoms with Crippen LogP contribution in [0.15, 0.2) is 23.4 Å². The highest BCUT2D eigenvalue weighted by Gasteiger charge is 2.30. The molecule has 0 atom stereocenters. The van der Waals surface area contributed by atoms with Crippen molar-refractivity contribution in [3.8, 4) is 0 Å². The molecule has 0 saturated carbocycles. The number of sulfonamides is 1. The van der Waals surface area contributed by atoms with Crippen molar-refractivity contribution in [2.45, 2.75) is 18.1 Å². The molecular weight excluding hydrogens is 301 g/mol. The van der Waals surface area contributed by atoms with Gasteiger partial charge in [-0.05, 0) is 19.1 Å². The molecule has 0 unspecified atom stereocenters. The Morgan fingerprint density at radius 3 is 2.53 bits per heavy atom. The first-order valence-electron chi connectivity index (χ1n) is 5.38. The minimum absolute atomic E-state index is 0.00377. The van der Waals surface area contributed by atoms with Gasteiger partial charge in [-0.3, -0.25) is 0 Å². The van der Waals surface area contributed by atoms with Crippen LogP contribution in [0.4, 0.5) is 13.2 Å². The molecule has 108 valence electrons. The van der Waals surface area contributed by atoms with E-state index in [1.807, 2.05) is 0 Å². The van der Waals surface area contributed by atoms with Gasteiger partial charge in [0.1, 0.15) is 0 Å². The summed E-state index contributed by atoms with van der Waals surface area (Å²) < 4.78 is 61.4. The van der Waals surface area contributed by atoms with E-state index in [-0.39, 0.29) is 12.3 Å². The predicted molar refractivity (Wildman–Crippen MR) is 67.4 cm³/mol. The molecule has 1 aromatic heterocycles. The largest absolute Gasteiger partial charge is 0.417 e. The Bertz CT molecular complexity index is 501. The average Bonchev–Trinajstić information content (AvgIpc) is 2.34. The van der Waals surface area contributed by atoms with E-state index in [1.165, 1.54) is 24.8 Å². The van der Waals surface area contributed by atoms with E-state index in [0.717, 1.165) is 12.3 Å². The Balaban J connectivity index is 2.43. The van der Waals surface area contributed by atoms with Crippen LogP contribution >= 0.6 is 11.8 Å². The van der Waals surface area contributed by atoms with E-state index in [4.69, 9.17) is 0 Å². The third-order valence-electron chi connectivity index (χ3n) is 2.12. The lowest BCUT2D eigenvalue weighted by Crippen LogP contribution is -2.27. The molecule has 1 aromatic rings. The van der Waals surface area contributed by atoms with Crippen molar-refractivity contribution in [2.24, 2.45) is 0 Å². The minimum Gasteiger partial charge on any atom is -0.249 e. The van der Waals surface area contributed by atoms with Crippen LogP contribution in [0.2, 0.25) is 0 Å². The van der Waals surface area contributed by atoms with Crippen LogP contribution in [0, 0.1) is 0 Å². The molecule has 0 spiro atoms. The molecule has 0 aliphatic rings. The number of rotatable bonds is 6. The van der Waals surface area contributed by atoms with Gasteiger partial charge < -0.3 is 0 Å². The summed E-state index contributed by atoms with van der Waals surface area (Å²) in [5.74, 6) is 0.397. The monoisotopic (exact) mass is 314 g/mol. The zero-order valence-corrected chi connectivity index (χ0v) is 11.7. The Morgan fingerprint density at radius 2 is 2.05 bits per heavy atom. The molecule has 0 amide bonds. The lowest BCUT2D eigenvalue weighted by molar-refractivity contribution is -0.137. The van der Waals surface area contributed by atoms with E-state index < -0.39 is 21.8 Å². The first-order chi connectivity index (χ1) is 8.74. The Kier molecular flexibility index (Phi) is 5.63. The van der Waals surface area contributed by atoms with Crippen LogP contribution in [0.25, 0.3) is 0 Å². The number of hydrogen-bond acceptors (Lipinski definition) is 4. The highest BCUT2D eigenvalue weighted by Crippen LogP contribution is 2.29. The first kappa shape index (κ1) is 16.3. The maximum Gasteiger partial charge on any atom is 0.417 e. The van der Waals surface area contributed by atoms with Crippen molar-refractivity contribution in [1.82, 2.24) is 9.71 Å². The van der Waals surface area contributed by atoms with E-state index in [2.05, 4.69) is 9.71 Å². The highest BCUT2D eigenvalue weighted by atomic mass is 32.2. The van der Waals surface area contributed by atoms with Gasteiger partial charge in [0.25, 0.3) is 0 Å². The van der Waals surface area contributed by atoms with Crippen molar-refractivity contribution in [2.75, 3.05) is 18.1 Å². The van der Waals surface area contributed by atoms with Crippen LogP contribution in [0.5, 0.6) is 0 Å². The second-order valence-corrected chi connectivity index (χ2v) is 6.74. The normalized spacial score (nSPS) is 12.6. The smallest absolute Gasteiger partial charge is 0.249 e. The fraction of sp³-hybridized carbons (Fsp3) is 0.500. The summed E-state index contributed by atoms with van der Waals surface area (Å²) in [6.45, 7) is 1.73. The van der Waals surface area contributed by atoms with Crippen molar-refractivity contribution >= 4 is 21.8 Å². The molecule has 0 radical (unpaired) electrons. The summed E-state index contributed by atoms with van der Waals surface area (Å²) >= 11 is 1.19. The fourth-order valence-corrected chi connectivity index (χ4v) is 2.54. The van der Waals surface area contributed by atoms with Gasteiger partial charge in [0.05, 0.1) is 16.3 Å². The van der Waals surface area contributed by atoms with E-state index >= 15 is 0 Å². The standard InChI is InChI=1S/C10H13F3N2O2S2/c1-2-19(16,17)15-5-6-18-9-4-3-8(7-14-9)10(11,12)13/h3-4,7,15H,2,5-6H2,1H3. The van der Waals surface area contributed by atoms with Crippen molar-refractivity contribution in [3.63, 3.8) is 0 Å². The number of thioether (sulfide) groups is 1. The minimum atomic E-state index is -4.40. The lowest BCUT2D eigenvalue weighted by Gasteiger charge is -2.07. The maximum atomic E-state index is 12.3. The second-order valence-electron chi connectivity index (χ2n) is 3.53. The number of nitrogens with zero attached hydrogens (tertiary/aromatic N) is 1. The summed E-state index contributed by atoms with van der Waals surface area (Å²) in [6, 6.07) is 2.22. The summed E-state index contributed by atoms with van der Waals surface area (Å²) in [7, 11) is -3.23. The molecule has 1 heterocycles. The predicted octanol–water partition coefficient (Wildman–Crippen LogP) is 2.13. The van der Waals surface area contributed by atoms with Gasteiger partial charge in [0.2, 0.25) is 10.0 Å². The van der Waals surface area contributed by atoms with Gasteiger partial charge in [-0.2, -0.15) is 13.2 Å². The number of nitrogens with one attached hydrogen (secondary N) is 1. The maximum absolute atomic E-state index is 12.3. The summed E-state index contributed by atoms with van der Waals surface area (Å²) in [4.78, 5) is 3.67. The topological polar surface area (TPSA) is 59.1 Å².